The number of carbonyl (C=O) groups excluding carboxylic acids is 3. The zero-order chi connectivity index (χ0) is 19.9. The Bertz CT molecular complexity index is 788. The second-order valence-corrected chi connectivity index (χ2v) is 8.56. The van der Waals surface area contributed by atoms with Crippen LogP contribution in [0.4, 0.5) is 0 Å². The fraction of sp³-hybridized carbons (Fsp3) is 0.619. The van der Waals surface area contributed by atoms with Gasteiger partial charge in [-0.2, -0.15) is 0 Å². The van der Waals surface area contributed by atoms with Gasteiger partial charge in [0.25, 0.3) is 5.91 Å². The first-order chi connectivity index (χ1) is 13.4. The van der Waals surface area contributed by atoms with Crippen molar-refractivity contribution in [2.24, 2.45) is 16.7 Å². The van der Waals surface area contributed by atoms with Crippen molar-refractivity contribution in [3.8, 4) is 0 Å². The Labute approximate surface area is 165 Å². The third-order valence-electron chi connectivity index (χ3n) is 7.41. The molecule has 2 atom stereocenters. The van der Waals surface area contributed by atoms with Crippen LogP contribution < -0.4 is 5.32 Å². The maximum Gasteiger partial charge on any atom is 0.272 e. The van der Waals surface area contributed by atoms with Gasteiger partial charge in [0.1, 0.15) is 5.69 Å². The molecular weight excluding hydrogens is 356 g/mol. The molecule has 1 aromatic heterocycles. The normalized spacial score (nSPS) is 28.3. The quantitative estimate of drug-likeness (QED) is 0.833. The minimum Gasteiger partial charge on any atom is -0.359 e. The Morgan fingerprint density at radius 1 is 1.11 bits per heavy atom. The number of hydrogen-bond acceptors (Lipinski definition) is 4. The molecule has 2 aliphatic heterocycles. The topological polar surface area (TPSA) is 82.6 Å². The Balaban J connectivity index is 1.53. The maximum atomic E-state index is 12.8. The minimum atomic E-state index is -0.479. The average Bonchev–Trinajstić information content (AvgIpc) is 3.26. The van der Waals surface area contributed by atoms with Crippen molar-refractivity contribution >= 4 is 17.7 Å². The Hall–Kier alpha value is -2.44. The highest BCUT2D eigenvalue weighted by molar-refractivity contribution is 5.92. The third-order valence-corrected chi connectivity index (χ3v) is 7.41. The molecule has 7 heteroatoms. The van der Waals surface area contributed by atoms with Crippen LogP contribution >= 0.6 is 0 Å². The largest absolute Gasteiger partial charge is 0.359 e. The first kappa shape index (κ1) is 18.9. The molecule has 150 valence electrons. The van der Waals surface area contributed by atoms with E-state index < -0.39 is 5.41 Å². The van der Waals surface area contributed by atoms with Gasteiger partial charge in [-0.15, -0.1) is 0 Å². The number of nitrogens with zero attached hydrogens (tertiary/aromatic N) is 3. The molecule has 0 bridgehead atoms. The van der Waals surface area contributed by atoms with Gasteiger partial charge >= 0.3 is 0 Å². The summed E-state index contributed by atoms with van der Waals surface area (Å²) in [6.07, 6.45) is 5.20. The smallest absolute Gasteiger partial charge is 0.272 e. The van der Waals surface area contributed by atoms with Crippen LogP contribution in [0.25, 0.3) is 0 Å². The van der Waals surface area contributed by atoms with E-state index in [1.807, 2.05) is 15.9 Å². The van der Waals surface area contributed by atoms with Gasteiger partial charge in [-0.25, -0.2) is 0 Å². The van der Waals surface area contributed by atoms with Crippen LogP contribution in [0.2, 0.25) is 0 Å². The fourth-order valence-corrected chi connectivity index (χ4v) is 5.83. The minimum absolute atomic E-state index is 0.0252. The highest BCUT2D eigenvalue weighted by Gasteiger charge is 2.64. The molecule has 4 rings (SSSR count). The second-order valence-electron chi connectivity index (χ2n) is 8.56. The first-order valence-corrected chi connectivity index (χ1v) is 10.1. The molecule has 3 aliphatic rings. The highest BCUT2D eigenvalue weighted by Crippen LogP contribution is 2.62. The van der Waals surface area contributed by atoms with E-state index in [4.69, 9.17) is 0 Å². The van der Waals surface area contributed by atoms with Crippen LogP contribution in [0, 0.1) is 16.7 Å². The zero-order valence-corrected chi connectivity index (χ0v) is 16.6. The molecule has 1 aliphatic carbocycles. The van der Waals surface area contributed by atoms with Gasteiger partial charge in [0, 0.05) is 46.3 Å². The summed E-state index contributed by atoms with van der Waals surface area (Å²) in [7, 11) is 1.68. The number of likely N-dealkylation sites (tertiary alicyclic amines) is 2. The number of fused-ring (bicyclic) bond motifs is 2. The highest BCUT2D eigenvalue weighted by atomic mass is 16.2. The maximum absolute atomic E-state index is 12.8. The summed E-state index contributed by atoms with van der Waals surface area (Å²) in [4.78, 5) is 45.5. The van der Waals surface area contributed by atoms with Crippen molar-refractivity contribution in [2.45, 2.75) is 32.6 Å². The SMILES string of the molecule is CNC(=O)[C@@]12CCC3(CCN(C(=O)c4ccccn4)CC3)[C@@H]1CN(C(C)=O)C2. The van der Waals surface area contributed by atoms with E-state index in [0.29, 0.717) is 31.9 Å². The summed E-state index contributed by atoms with van der Waals surface area (Å²) in [5.41, 5.74) is 0.0266. The molecule has 3 heterocycles. The molecule has 0 aromatic carbocycles. The van der Waals surface area contributed by atoms with E-state index in [-0.39, 0.29) is 29.1 Å². The Kier molecular flexibility index (Phi) is 4.63. The van der Waals surface area contributed by atoms with E-state index >= 15 is 0 Å². The molecule has 1 aromatic rings. The molecule has 3 amide bonds. The van der Waals surface area contributed by atoms with E-state index in [9.17, 15) is 14.4 Å². The van der Waals surface area contributed by atoms with Crippen molar-refractivity contribution in [1.82, 2.24) is 20.1 Å². The van der Waals surface area contributed by atoms with E-state index in [1.54, 1.807) is 32.3 Å². The van der Waals surface area contributed by atoms with E-state index in [1.165, 1.54) is 0 Å². The van der Waals surface area contributed by atoms with E-state index in [2.05, 4.69) is 10.3 Å². The zero-order valence-electron chi connectivity index (χ0n) is 16.6. The summed E-state index contributed by atoms with van der Waals surface area (Å²) in [5, 5.41) is 2.85. The second kappa shape index (κ2) is 6.87. The van der Waals surface area contributed by atoms with Crippen molar-refractivity contribution in [3.63, 3.8) is 0 Å². The summed E-state index contributed by atoms with van der Waals surface area (Å²) in [6.45, 7) is 4.10. The molecule has 1 spiro atoms. The van der Waals surface area contributed by atoms with Crippen LogP contribution in [-0.4, -0.2) is 65.7 Å². The average molecular weight is 384 g/mol. The van der Waals surface area contributed by atoms with Crippen molar-refractivity contribution < 1.29 is 14.4 Å². The number of amides is 3. The van der Waals surface area contributed by atoms with Gasteiger partial charge in [-0.3, -0.25) is 19.4 Å². The van der Waals surface area contributed by atoms with Gasteiger partial charge in [0.2, 0.25) is 11.8 Å². The Morgan fingerprint density at radius 3 is 2.46 bits per heavy atom. The number of rotatable bonds is 2. The third kappa shape index (κ3) is 2.79. The van der Waals surface area contributed by atoms with Gasteiger partial charge in [0.05, 0.1) is 5.41 Å². The molecule has 0 radical (unpaired) electrons. The first-order valence-electron chi connectivity index (χ1n) is 10.1. The predicted octanol–water partition coefficient (Wildman–Crippen LogP) is 1.31. The summed E-state index contributed by atoms with van der Waals surface area (Å²) >= 11 is 0. The summed E-state index contributed by atoms with van der Waals surface area (Å²) < 4.78 is 0. The van der Waals surface area contributed by atoms with Crippen molar-refractivity contribution in [2.75, 3.05) is 33.2 Å². The molecule has 7 nitrogen and oxygen atoms in total. The van der Waals surface area contributed by atoms with Crippen LogP contribution in [0.3, 0.4) is 0 Å². The van der Waals surface area contributed by atoms with Gasteiger partial charge < -0.3 is 15.1 Å². The van der Waals surface area contributed by atoms with Gasteiger partial charge in [0.15, 0.2) is 0 Å². The number of aromatic nitrogens is 1. The monoisotopic (exact) mass is 384 g/mol. The van der Waals surface area contributed by atoms with Crippen LogP contribution in [0.5, 0.6) is 0 Å². The molecule has 2 saturated heterocycles. The van der Waals surface area contributed by atoms with Crippen LogP contribution in [0.15, 0.2) is 24.4 Å². The lowest BCUT2D eigenvalue weighted by Crippen LogP contribution is -2.49. The summed E-state index contributed by atoms with van der Waals surface area (Å²) in [5.74, 6) is 0.236. The van der Waals surface area contributed by atoms with Gasteiger partial charge in [-0.1, -0.05) is 6.07 Å². The lowest BCUT2D eigenvalue weighted by Gasteiger charge is -2.44. The molecular formula is C21H28N4O3. The van der Waals surface area contributed by atoms with Crippen molar-refractivity contribution in [1.29, 1.82) is 0 Å². The van der Waals surface area contributed by atoms with Crippen molar-refractivity contribution in [3.05, 3.63) is 30.1 Å². The lowest BCUT2D eigenvalue weighted by atomic mass is 9.65. The van der Waals surface area contributed by atoms with E-state index in [0.717, 1.165) is 25.7 Å². The summed E-state index contributed by atoms with van der Waals surface area (Å²) in [6, 6.07) is 5.38. The fourth-order valence-electron chi connectivity index (χ4n) is 5.83. The number of hydrogen-bond donors (Lipinski definition) is 1. The van der Waals surface area contributed by atoms with Gasteiger partial charge in [-0.05, 0) is 49.1 Å². The van der Waals surface area contributed by atoms with Crippen LogP contribution in [-0.2, 0) is 9.59 Å². The molecule has 1 saturated carbocycles. The number of pyridine rings is 1. The number of piperidine rings is 1. The Morgan fingerprint density at radius 2 is 1.86 bits per heavy atom. The van der Waals surface area contributed by atoms with Crippen LogP contribution in [0.1, 0.15) is 43.1 Å². The molecule has 3 fully saturated rings. The number of nitrogens with one attached hydrogen (secondary N) is 1. The standard InChI is InChI=1S/C21H28N4O3/c1-15(26)25-13-17-20(6-7-21(17,14-25)19(28)22-2)8-11-24(12-9-20)18(27)16-5-3-4-10-23-16/h3-5,10,17H,6-9,11-14H2,1-2H3,(H,22,28)/t17-,21+/m0/s1. The molecule has 28 heavy (non-hydrogen) atoms. The molecule has 0 unspecified atom stereocenters. The predicted molar refractivity (Wildman–Crippen MR) is 103 cm³/mol. The lowest BCUT2D eigenvalue weighted by molar-refractivity contribution is -0.133. The molecule has 1 N–H and O–H groups in total. The number of carbonyl (C=O) groups is 3.